The van der Waals surface area contributed by atoms with Gasteiger partial charge in [0.2, 0.25) is 5.82 Å². The van der Waals surface area contributed by atoms with E-state index in [-0.39, 0.29) is 17.3 Å². The highest BCUT2D eigenvalue weighted by Crippen LogP contribution is 2.30. The van der Waals surface area contributed by atoms with Crippen LogP contribution in [0.25, 0.3) is 10.8 Å². The van der Waals surface area contributed by atoms with Crippen LogP contribution in [0, 0.1) is 10.1 Å². The van der Waals surface area contributed by atoms with E-state index in [0.29, 0.717) is 5.69 Å². The van der Waals surface area contributed by atoms with Crippen molar-refractivity contribution in [2.75, 3.05) is 11.1 Å². The molecule has 0 saturated heterocycles. The van der Waals surface area contributed by atoms with Gasteiger partial charge in [0.05, 0.1) is 4.92 Å². The standard InChI is InChI=1S/C14H11N5O2/c15-13-5-4-12(19(20)21)14(18-13)17-11-3-1-2-9-6-7-16-8-10(9)11/h1-8H,(H3,15,17,18). The number of hydrogen-bond donors (Lipinski definition) is 2. The summed E-state index contributed by atoms with van der Waals surface area (Å²) in [4.78, 5) is 18.6. The Morgan fingerprint density at radius 1 is 1.19 bits per heavy atom. The number of aromatic nitrogens is 2. The van der Waals surface area contributed by atoms with Crippen LogP contribution >= 0.6 is 0 Å². The summed E-state index contributed by atoms with van der Waals surface area (Å²) >= 11 is 0. The molecule has 3 N–H and O–H groups in total. The molecule has 0 unspecified atom stereocenters. The molecule has 0 radical (unpaired) electrons. The monoisotopic (exact) mass is 281 g/mol. The SMILES string of the molecule is Nc1ccc([N+](=O)[O-])c(Nc2cccc3ccncc23)n1. The Labute approximate surface area is 119 Å². The number of anilines is 3. The van der Waals surface area contributed by atoms with Crippen LogP contribution in [0.15, 0.2) is 48.8 Å². The fourth-order valence-electron chi connectivity index (χ4n) is 2.06. The molecule has 7 heteroatoms. The summed E-state index contributed by atoms with van der Waals surface area (Å²) in [6.07, 6.45) is 3.38. The fraction of sp³-hybridized carbons (Fsp3) is 0. The van der Waals surface area contributed by atoms with E-state index in [1.807, 2.05) is 18.2 Å². The van der Waals surface area contributed by atoms with Gasteiger partial charge in [-0.25, -0.2) is 4.98 Å². The minimum absolute atomic E-state index is 0.108. The third-order valence-corrected chi connectivity index (χ3v) is 3.03. The Balaban J connectivity index is 2.11. The number of nitrogens with two attached hydrogens (primary N) is 1. The van der Waals surface area contributed by atoms with Crippen LogP contribution in [0.5, 0.6) is 0 Å². The van der Waals surface area contributed by atoms with Gasteiger partial charge in [0.15, 0.2) is 0 Å². The predicted molar refractivity (Wildman–Crippen MR) is 80.3 cm³/mol. The van der Waals surface area contributed by atoms with E-state index in [9.17, 15) is 10.1 Å². The number of benzene rings is 1. The van der Waals surface area contributed by atoms with E-state index in [0.717, 1.165) is 10.8 Å². The van der Waals surface area contributed by atoms with E-state index < -0.39 is 4.92 Å². The third-order valence-electron chi connectivity index (χ3n) is 3.03. The first-order chi connectivity index (χ1) is 10.1. The molecule has 2 heterocycles. The Morgan fingerprint density at radius 2 is 2.05 bits per heavy atom. The largest absolute Gasteiger partial charge is 0.384 e. The number of nitro groups is 1. The van der Waals surface area contributed by atoms with Gasteiger partial charge in [-0.2, -0.15) is 0 Å². The zero-order valence-electron chi connectivity index (χ0n) is 10.9. The highest BCUT2D eigenvalue weighted by molar-refractivity contribution is 5.95. The van der Waals surface area contributed by atoms with E-state index >= 15 is 0 Å². The van der Waals surface area contributed by atoms with Gasteiger partial charge < -0.3 is 11.1 Å². The first-order valence-electron chi connectivity index (χ1n) is 6.16. The van der Waals surface area contributed by atoms with Gasteiger partial charge in [0, 0.05) is 29.5 Å². The quantitative estimate of drug-likeness (QED) is 0.564. The summed E-state index contributed by atoms with van der Waals surface area (Å²) in [5.41, 5.74) is 6.16. The molecule has 2 aromatic heterocycles. The highest BCUT2D eigenvalue weighted by atomic mass is 16.6. The van der Waals surface area contributed by atoms with Crippen LogP contribution in [0.3, 0.4) is 0 Å². The zero-order chi connectivity index (χ0) is 14.8. The molecule has 0 fully saturated rings. The molecule has 0 saturated carbocycles. The van der Waals surface area contributed by atoms with Gasteiger partial charge in [-0.3, -0.25) is 15.1 Å². The van der Waals surface area contributed by atoms with Crippen molar-refractivity contribution >= 4 is 33.8 Å². The Kier molecular flexibility index (Phi) is 3.07. The summed E-state index contributed by atoms with van der Waals surface area (Å²) in [6, 6.07) is 10.2. The van der Waals surface area contributed by atoms with E-state index in [4.69, 9.17) is 5.73 Å². The van der Waals surface area contributed by atoms with Gasteiger partial charge in [-0.15, -0.1) is 0 Å². The van der Waals surface area contributed by atoms with Crippen molar-refractivity contribution in [3.8, 4) is 0 Å². The highest BCUT2D eigenvalue weighted by Gasteiger charge is 2.16. The van der Waals surface area contributed by atoms with E-state index in [1.165, 1.54) is 12.1 Å². The average molecular weight is 281 g/mol. The number of nitrogens with one attached hydrogen (secondary N) is 1. The summed E-state index contributed by atoms with van der Waals surface area (Å²) in [5, 5.41) is 15.8. The molecule has 1 aromatic carbocycles. The molecule has 0 aliphatic carbocycles. The number of fused-ring (bicyclic) bond motifs is 1. The second kappa shape index (κ2) is 5.04. The van der Waals surface area contributed by atoms with Crippen LogP contribution in [-0.2, 0) is 0 Å². The van der Waals surface area contributed by atoms with Crippen LogP contribution < -0.4 is 11.1 Å². The van der Waals surface area contributed by atoms with Crippen molar-refractivity contribution in [3.05, 3.63) is 58.9 Å². The number of hydrogen-bond acceptors (Lipinski definition) is 6. The van der Waals surface area contributed by atoms with E-state index in [1.54, 1.807) is 18.5 Å². The van der Waals surface area contributed by atoms with Gasteiger partial charge in [0.1, 0.15) is 5.82 Å². The summed E-state index contributed by atoms with van der Waals surface area (Å²) in [7, 11) is 0. The normalized spacial score (nSPS) is 10.5. The maximum atomic E-state index is 11.1. The molecule has 0 spiro atoms. The Morgan fingerprint density at radius 3 is 2.86 bits per heavy atom. The van der Waals surface area contributed by atoms with Crippen molar-refractivity contribution < 1.29 is 4.92 Å². The van der Waals surface area contributed by atoms with Crippen LogP contribution in [0.2, 0.25) is 0 Å². The number of nitrogens with zero attached hydrogens (tertiary/aromatic N) is 3. The van der Waals surface area contributed by atoms with Crippen molar-refractivity contribution in [1.82, 2.24) is 9.97 Å². The second-order valence-corrected chi connectivity index (χ2v) is 4.39. The minimum Gasteiger partial charge on any atom is -0.384 e. The number of nitrogen functional groups attached to an aromatic ring is 1. The van der Waals surface area contributed by atoms with Crippen LogP contribution in [0.1, 0.15) is 0 Å². The molecule has 0 atom stereocenters. The molecule has 3 aromatic rings. The molecule has 0 bridgehead atoms. The molecule has 21 heavy (non-hydrogen) atoms. The lowest BCUT2D eigenvalue weighted by Gasteiger charge is -2.09. The van der Waals surface area contributed by atoms with Crippen molar-refractivity contribution in [2.24, 2.45) is 0 Å². The Bertz CT molecular complexity index is 829. The smallest absolute Gasteiger partial charge is 0.311 e. The molecule has 0 aliphatic rings. The molecule has 0 amide bonds. The van der Waals surface area contributed by atoms with Crippen LogP contribution in [-0.4, -0.2) is 14.9 Å². The lowest BCUT2D eigenvalue weighted by Crippen LogP contribution is -2.02. The minimum atomic E-state index is -0.502. The predicted octanol–water partition coefficient (Wildman–Crippen LogP) is 2.86. The zero-order valence-corrected chi connectivity index (χ0v) is 10.9. The van der Waals surface area contributed by atoms with Gasteiger partial charge >= 0.3 is 5.69 Å². The lowest BCUT2D eigenvalue weighted by atomic mass is 10.1. The van der Waals surface area contributed by atoms with Crippen molar-refractivity contribution in [3.63, 3.8) is 0 Å². The van der Waals surface area contributed by atoms with Gasteiger partial charge in [0.25, 0.3) is 0 Å². The summed E-state index contributed by atoms with van der Waals surface area (Å²) in [5.74, 6) is 0.317. The number of rotatable bonds is 3. The Hall–Kier alpha value is -3.22. The van der Waals surface area contributed by atoms with Crippen LogP contribution in [0.4, 0.5) is 23.0 Å². The van der Waals surface area contributed by atoms with Crippen molar-refractivity contribution in [1.29, 1.82) is 0 Å². The van der Waals surface area contributed by atoms with Gasteiger partial charge in [-0.05, 0) is 23.6 Å². The molecule has 7 nitrogen and oxygen atoms in total. The molecular formula is C14H11N5O2. The lowest BCUT2D eigenvalue weighted by molar-refractivity contribution is -0.384. The van der Waals surface area contributed by atoms with Gasteiger partial charge in [-0.1, -0.05) is 12.1 Å². The summed E-state index contributed by atoms with van der Waals surface area (Å²) < 4.78 is 0. The maximum Gasteiger partial charge on any atom is 0.311 e. The van der Waals surface area contributed by atoms with Crippen molar-refractivity contribution in [2.45, 2.75) is 0 Å². The third kappa shape index (κ3) is 2.44. The molecule has 3 rings (SSSR count). The average Bonchev–Trinajstić information content (AvgIpc) is 2.47. The van der Waals surface area contributed by atoms with E-state index in [2.05, 4.69) is 15.3 Å². The molecule has 0 aliphatic heterocycles. The first kappa shape index (κ1) is 12.8. The summed E-state index contributed by atoms with van der Waals surface area (Å²) in [6.45, 7) is 0. The maximum absolute atomic E-state index is 11.1. The number of pyridine rings is 2. The molecule has 104 valence electrons. The fourth-order valence-corrected chi connectivity index (χ4v) is 2.06. The topological polar surface area (TPSA) is 107 Å². The molecular weight excluding hydrogens is 270 g/mol. The second-order valence-electron chi connectivity index (χ2n) is 4.39. The first-order valence-corrected chi connectivity index (χ1v) is 6.16.